The first-order valence-electron chi connectivity index (χ1n) is 10.5. The molecule has 2 nitrogen and oxygen atoms in total. The fraction of sp³-hybridized carbons (Fsp3) is 0.500. The Labute approximate surface area is 158 Å². The van der Waals surface area contributed by atoms with Crippen molar-refractivity contribution in [2.75, 3.05) is 6.54 Å². The highest BCUT2D eigenvalue weighted by Gasteiger charge is 2.22. The molecule has 0 aromatic rings. The molecule has 138 valence electrons. The van der Waals surface area contributed by atoms with Gasteiger partial charge in [0.1, 0.15) is 0 Å². The average Bonchev–Trinajstić information content (AvgIpc) is 2.67. The van der Waals surface area contributed by atoms with E-state index in [2.05, 4.69) is 54.0 Å². The van der Waals surface area contributed by atoms with Crippen LogP contribution in [0.1, 0.15) is 64.7 Å². The normalized spacial score (nSPS) is 28.4. The van der Waals surface area contributed by atoms with Crippen molar-refractivity contribution in [3.05, 3.63) is 70.3 Å². The molecule has 0 saturated carbocycles. The van der Waals surface area contributed by atoms with Gasteiger partial charge in [0.2, 0.25) is 0 Å². The standard InChI is InChI=1S/C24H32N2/c1-18-8-5-6-17-25-22-11-7-12-23(24(18)22)26-21-15-13-20(14-16-21)19-9-3-2-4-10-19/h2-3,8-9,11,15,20,25-26H,4-7,10,12-14,16-17H2,1H3/b18-8+. The Hall–Kier alpha value is -1.96. The number of hydrogen-bond donors (Lipinski definition) is 2. The van der Waals surface area contributed by atoms with E-state index in [0.717, 1.165) is 25.3 Å². The highest BCUT2D eigenvalue weighted by molar-refractivity contribution is 5.50. The second-order valence-corrected chi connectivity index (χ2v) is 8.00. The molecule has 1 aliphatic heterocycles. The lowest BCUT2D eigenvalue weighted by Gasteiger charge is -2.30. The maximum absolute atomic E-state index is 3.84. The predicted molar refractivity (Wildman–Crippen MR) is 110 cm³/mol. The third-order valence-corrected chi connectivity index (χ3v) is 6.15. The van der Waals surface area contributed by atoms with E-state index in [-0.39, 0.29) is 0 Å². The molecule has 1 heterocycles. The summed E-state index contributed by atoms with van der Waals surface area (Å²) in [4.78, 5) is 0. The number of nitrogens with one attached hydrogen (secondary N) is 2. The van der Waals surface area contributed by atoms with Crippen LogP contribution in [-0.4, -0.2) is 6.54 Å². The first-order chi connectivity index (χ1) is 12.8. The molecule has 0 aromatic heterocycles. The summed E-state index contributed by atoms with van der Waals surface area (Å²) < 4.78 is 0. The van der Waals surface area contributed by atoms with E-state index in [0.29, 0.717) is 0 Å². The molecule has 2 heteroatoms. The first kappa shape index (κ1) is 17.5. The molecular formula is C24H32N2. The van der Waals surface area contributed by atoms with Gasteiger partial charge >= 0.3 is 0 Å². The maximum atomic E-state index is 3.84. The van der Waals surface area contributed by atoms with Gasteiger partial charge in [-0.15, -0.1) is 0 Å². The number of rotatable bonds is 3. The summed E-state index contributed by atoms with van der Waals surface area (Å²) in [5, 5.41) is 7.50. The molecular weight excluding hydrogens is 316 g/mol. The minimum atomic E-state index is 0.759. The monoisotopic (exact) mass is 348 g/mol. The van der Waals surface area contributed by atoms with E-state index in [1.54, 1.807) is 5.57 Å². The van der Waals surface area contributed by atoms with Gasteiger partial charge in [-0.1, -0.05) is 42.0 Å². The van der Waals surface area contributed by atoms with Crippen molar-refractivity contribution >= 4 is 0 Å². The zero-order chi connectivity index (χ0) is 17.8. The third-order valence-electron chi connectivity index (χ3n) is 6.15. The molecule has 0 spiro atoms. The van der Waals surface area contributed by atoms with Crippen LogP contribution in [0.3, 0.4) is 0 Å². The van der Waals surface area contributed by atoms with Crippen LogP contribution in [0.5, 0.6) is 0 Å². The lowest BCUT2D eigenvalue weighted by molar-refractivity contribution is 0.507. The molecule has 4 rings (SSSR count). The summed E-state index contributed by atoms with van der Waals surface area (Å²) in [5.74, 6) is 0.759. The summed E-state index contributed by atoms with van der Waals surface area (Å²) in [7, 11) is 0. The van der Waals surface area contributed by atoms with Crippen molar-refractivity contribution in [1.82, 2.24) is 10.6 Å². The van der Waals surface area contributed by atoms with Gasteiger partial charge in [0.25, 0.3) is 0 Å². The summed E-state index contributed by atoms with van der Waals surface area (Å²) in [6.45, 7) is 3.36. The first-order valence-corrected chi connectivity index (χ1v) is 10.5. The smallest absolute Gasteiger partial charge is 0.0393 e. The van der Waals surface area contributed by atoms with Crippen LogP contribution in [0.4, 0.5) is 0 Å². The minimum absolute atomic E-state index is 0.759. The van der Waals surface area contributed by atoms with E-state index in [1.807, 2.05) is 0 Å². The molecule has 3 aliphatic carbocycles. The van der Waals surface area contributed by atoms with Crippen LogP contribution in [0, 0.1) is 5.92 Å². The van der Waals surface area contributed by atoms with E-state index in [4.69, 9.17) is 0 Å². The van der Waals surface area contributed by atoms with Crippen LogP contribution in [-0.2, 0) is 0 Å². The fourth-order valence-corrected chi connectivity index (χ4v) is 4.67. The second-order valence-electron chi connectivity index (χ2n) is 8.00. The summed E-state index contributed by atoms with van der Waals surface area (Å²) >= 11 is 0. The van der Waals surface area contributed by atoms with E-state index < -0.39 is 0 Å². The molecule has 0 aromatic carbocycles. The molecule has 0 amide bonds. The topological polar surface area (TPSA) is 24.1 Å². The fourth-order valence-electron chi connectivity index (χ4n) is 4.67. The van der Waals surface area contributed by atoms with Crippen molar-refractivity contribution in [1.29, 1.82) is 0 Å². The summed E-state index contributed by atoms with van der Waals surface area (Å²) in [5.41, 5.74) is 8.73. The Morgan fingerprint density at radius 1 is 1.04 bits per heavy atom. The maximum Gasteiger partial charge on any atom is 0.0393 e. The van der Waals surface area contributed by atoms with E-state index in [9.17, 15) is 0 Å². The van der Waals surface area contributed by atoms with Gasteiger partial charge in [-0.3, -0.25) is 0 Å². The third kappa shape index (κ3) is 3.90. The zero-order valence-corrected chi connectivity index (χ0v) is 16.1. The number of fused-ring (bicyclic) bond motifs is 1. The van der Waals surface area contributed by atoms with Gasteiger partial charge in [-0.25, -0.2) is 0 Å². The average molecular weight is 349 g/mol. The quantitative estimate of drug-likeness (QED) is 0.674. The van der Waals surface area contributed by atoms with Crippen LogP contribution in [0.25, 0.3) is 0 Å². The van der Waals surface area contributed by atoms with Crippen molar-refractivity contribution in [3.63, 3.8) is 0 Å². The Kier molecular flexibility index (Phi) is 5.48. The lowest BCUT2D eigenvalue weighted by atomic mass is 9.82. The highest BCUT2D eigenvalue weighted by Crippen LogP contribution is 2.34. The Morgan fingerprint density at radius 3 is 2.81 bits per heavy atom. The molecule has 26 heavy (non-hydrogen) atoms. The largest absolute Gasteiger partial charge is 0.385 e. The van der Waals surface area contributed by atoms with Crippen molar-refractivity contribution in [2.24, 2.45) is 5.92 Å². The van der Waals surface area contributed by atoms with Crippen molar-refractivity contribution in [3.8, 4) is 0 Å². The molecule has 0 bridgehead atoms. The van der Waals surface area contributed by atoms with Gasteiger partial charge in [0.05, 0.1) is 0 Å². The molecule has 2 N–H and O–H groups in total. The van der Waals surface area contributed by atoms with Crippen molar-refractivity contribution in [2.45, 2.75) is 64.7 Å². The SMILES string of the molecule is C/C1=C\CCCNC2=CCCC(NC3=CCC(C4=CC=CCC4)CC3)=C21. The van der Waals surface area contributed by atoms with E-state index in [1.165, 1.54) is 73.2 Å². The zero-order valence-electron chi connectivity index (χ0n) is 16.1. The van der Waals surface area contributed by atoms with E-state index >= 15 is 0 Å². The molecule has 4 aliphatic rings. The van der Waals surface area contributed by atoms with Crippen molar-refractivity contribution < 1.29 is 0 Å². The van der Waals surface area contributed by atoms with Crippen LogP contribution in [0.2, 0.25) is 0 Å². The predicted octanol–water partition coefficient (Wildman–Crippen LogP) is 5.80. The van der Waals surface area contributed by atoms with Crippen LogP contribution in [0.15, 0.2) is 70.3 Å². The lowest BCUT2D eigenvalue weighted by Crippen LogP contribution is -2.26. The minimum Gasteiger partial charge on any atom is -0.385 e. The molecule has 0 saturated heterocycles. The molecule has 0 radical (unpaired) electrons. The summed E-state index contributed by atoms with van der Waals surface area (Å²) in [6.07, 6.45) is 25.0. The molecule has 1 unspecified atom stereocenters. The number of allylic oxidation sites excluding steroid dienone is 10. The Morgan fingerprint density at radius 2 is 2.00 bits per heavy atom. The number of hydrogen-bond acceptors (Lipinski definition) is 2. The van der Waals surface area contributed by atoms with Gasteiger partial charge in [0, 0.05) is 29.2 Å². The van der Waals surface area contributed by atoms with Gasteiger partial charge in [-0.05, 0) is 76.2 Å². The molecule has 0 fully saturated rings. The van der Waals surface area contributed by atoms with Gasteiger partial charge < -0.3 is 10.6 Å². The van der Waals surface area contributed by atoms with Gasteiger partial charge in [-0.2, -0.15) is 0 Å². The van der Waals surface area contributed by atoms with Crippen LogP contribution < -0.4 is 10.6 Å². The Balaban J connectivity index is 1.50. The second kappa shape index (κ2) is 8.16. The summed E-state index contributed by atoms with van der Waals surface area (Å²) in [6, 6.07) is 0. The Bertz CT molecular complexity index is 727. The van der Waals surface area contributed by atoms with Gasteiger partial charge in [0.15, 0.2) is 0 Å². The van der Waals surface area contributed by atoms with Crippen LogP contribution >= 0.6 is 0 Å². The molecule has 1 atom stereocenters. The highest BCUT2D eigenvalue weighted by atomic mass is 14.9.